The van der Waals surface area contributed by atoms with Crippen molar-refractivity contribution in [1.82, 2.24) is 4.90 Å². The van der Waals surface area contributed by atoms with Gasteiger partial charge in [-0.2, -0.15) is 0 Å². The summed E-state index contributed by atoms with van der Waals surface area (Å²) >= 11 is 0. The number of ether oxygens (including phenoxy) is 2. The number of methoxy groups -OCH3 is 1. The Morgan fingerprint density at radius 2 is 1.96 bits per heavy atom. The number of aryl methyl sites for hydroxylation is 1. The van der Waals surface area contributed by atoms with Crippen LogP contribution >= 0.6 is 0 Å². The van der Waals surface area contributed by atoms with Crippen LogP contribution in [-0.4, -0.2) is 36.5 Å². The van der Waals surface area contributed by atoms with Crippen LogP contribution in [0.15, 0.2) is 18.2 Å². The summed E-state index contributed by atoms with van der Waals surface area (Å²) in [5.74, 6) is 1.63. The lowest BCUT2D eigenvalue weighted by Crippen LogP contribution is -2.57. The van der Waals surface area contributed by atoms with Gasteiger partial charge in [0.1, 0.15) is 11.9 Å². The van der Waals surface area contributed by atoms with Crippen LogP contribution in [0.25, 0.3) is 0 Å². The fraction of sp³-hybridized carbons (Fsp3) is 0.636. The predicted octanol–water partition coefficient (Wildman–Crippen LogP) is 3.51. The van der Waals surface area contributed by atoms with E-state index in [1.165, 1.54) is 18.1 Å². The number of hydrogen-bond donors (Lipinski definition) is 0. The second-order valence-corrected chi connectivity index (χ2v) is 8.65. The average Bonchev–Trinajstić information content (AvgIpc) is 2.95. The number of amides is 1. The van der Waals surface area contributed by atoms with E-state index >= 15 is 0 Å². The van der Waals surface area contributed by atoms with E-state index < -0.39 is 0 Å². The van der Waals surface area contributed by atoms with E-state index in [0.29, 0.717) is 18.4 Å². The van der Waals surface area contributed by atoms with Crippen LogP contribution in [0, 0.1) is 17.3 Å². The van der Waals surface area contributed by atoms with Gasteiger partial charge in [0, 0.05) is 25.8 Å². The normalized spacial score (nSPS) is 34.3. The van der Waals surface area contributed by atoms with Gasteiger partial charge in [-0.1, -0.05) is 13.0 Å². The molecule has 0 spiro atoms. The lowest BCUT2D eigenvalue weighted by molar-refractivity contribution is -0.163. The van der Waals surface area contributed by atoms with Crippen LogP contribution in [0.1, 0.15) is 57.2 Å². The number of benzene rings is 1. The van der Waals surface area contributed by atoms with Gasteiger partial charge in [0.25, 0.3) is 0 Å². The highest BCUT2D eigenvalue weighted by Crippen LogP contribution is 2.59. The Hall–Kier alpha value is -2.04. The van der Waals surface area contributed by atoms with Crippen LogP contribution in [0.3, 0.4) is 0 Å². The van der Waals surface area contributed by atoms with Crippen molar-refractivity contribution in [3.8, 4) is 5.75 Å². The maximum Gasteiger partial charge on any atom is 0.302 e. The molecule has 1 heterocycles. The van der Waals surface area contributed by atoms with Crippen molar-refractivity contribution >= 4 is 11.9 Å². The minimum absolute atomic E-state index is 0.0972. The Balaban J connectivity index is 1.74. The second kappa shape index (κ2) is 6.54. The molecule has 5 heteroatoms. The van der Waals surface area contributed by atoms with Crippen molar-refractivity contribution in [2.75, 3.05) is 13.7 Å². The first-order valence-corrected chi connectivity index (χ1v) is 9.96. The first-order chi connectivity index (χ1) is 12.8. The zero-order valence-corrected chi connectivity index (χ0v) is 16.7. The van der Waals surface area contributed by atoms with E-state index in [0.717, 1.165) is 31.4 Å². The number of carbonyl (C=O) groups excluding carboxylic acids is 2. The maximum atomic E-state index is 12.6. The van der Waals surface area contributed by atoms with E-state index in [4.69, 9.17) is 9.47 Å². The second-order valence-electron chi connectivity index (χ2n) is 8.65. The molecule has 2 fully saturated rings. The lowest BCUT2D eigenvalue weighted by atomic mass is 9.61. The number of hydrogen-bond acceptors (Lipinski definition) is 4. The molecule has 1 aromatic rings. The summed E-state index contributed by atoms with van der Waals surface area (Å²) < 4.78 is 11.1. The number of carbonyl (C=O) groups is 2. The molecule has 27 heavy (non-hydrogen) atoms. The van der Waals surface area contributed by atoms with Crippen LogP contribution < -0.4 is 4.74 Å². The van der Waals surface area contributed by atoms with Gasteiger partial charge in [-0.15, -0.1) is 0 Å². The number of nitrogens with zero attached hydrogens (tertiary/aromatic N) is 1. The lowest BCUT2D eigenvalue weighted by Gasteiger charge is -2.55. The number of esters is 1. The quantitative estimate of drug-likeness (QED) is 0.747. The van der Waals surface area contributed by atoms with Gasteiger partial charge in [0.05, 0.1) is 13.2 Å². The summed E-state index contributed by atoms with van der Waals surface area (Å²) in [6.45, 7) is 6.01. The third-order valence-corrected chi connectivity index (χ3v) is 7.22. The van der Waals surface area contributed by atoms with Crippen molar-refractivity contribution in [2.45, 2.75) is 58.6 Å². The molecule has 4 rings (SSSR count). The fourth-order valence-electron chi connectivity index (χ4n) is 6.06. The molecule has 0 N–H and O–H groups in total. The van der Waals surface area contributed by atoms with Gasteiger partial charge in [0.2, 0.25) is 5.91 Å². The molecule has 1 saturated carbocycles. The molecule has 1 saturated heterocycles. The van der Waals surface area contributed by atoms with Gasteiger partial charge in [-0.25, -0.2) is 0 Å². The average molecular weight is 371 g/mol. The first kappa shape index (κ1) is 18.3. The molecule has 3 aliphatic rings. The van der Waals surface area contributed by atoms with Crippen molar-refractivity contribution in [3.63, 3.8) is 0 Å². The third kappa shape index (κ3) is 2.82. The van der Waals surface area contributed by atoms with E-state index in [2.05, 4.69) is 19.1 Å². The van der Waals surface area contributed by atoms with Crippen molar-refractivity contribution < 1.29 is 19.1 Å². The molecule has 146 valence electrons. The summed E-state index contributed by atoms with van der Waals surface area (Å²) in [5.41, 5.74) is 2.39. The van der Waals surface area contributed by atoms with E-state index in [-0.39, 0.29) is 29.4 Å². The smallest absolute Gasteiger partial charge is 0.302 e. The Labute approximate surface area is 161 Å². The molecule has 1 aromatic carbocycles. The zero-order valence-electron chi connectivity index (χ0n) is 16.7. The summed E-state index contributed by atoms with van der Waals surface area (Å²) in [6.07, 6.45) is 3.92. The highest BCUT2D eigenvalue weighted by Gasteiger charge is 2.59. The summed E-state index contributed by atoms with van der Waals surface area (Å²) in [4.78, 5) is 26.3. The van der Waals surface area contributed by atoms with E-state index in [9.17, 15) is 9.59 Å². The molecule has 1 aliphatic heterocycles. The standard InChI is InChI=1S/C22H29NO4/c1-13(24)23-12-22(3)19(9-10-20(22)27-14(2)25)18-7-5-15-11-16(26-4)6-8-17(15)21(18)23/h6,8,11,18-21H,5,7,9-10,12H2,1-4H3. The molecule has 2 aliphatic carbocycles. The molecular weight excluding hydrogens is 342 g/mol. The molecule has 0 aromatic heterocycles. The fourth-order valence-corrected chi connectivity index (χ4v) is 6.06. The Kier molecular flexibility index (Phi) is 4.44. The Morgan fingerprint density at radius 1 is 1.19 bits per heavy atom. The van der Waals surface area contributed by atoms with E-state index in [1.54, 1.807) is 14.0 Å². The molecule has 5 unspecified atom stereocenters. The Morgan fingerprint density at radius 3 is 2.63 bits per heavy atom. The van der Waals surface area contributed by atoms with Crippen LogP contribution in [-0.2, 0) is 20.7 Å². The van der Waals surface area contributed by atoms with Gasteiger partial charge in [-0.05, 0) is 60.8 Å². The molecule has 1 amide bonds. The molecular formula is C22H29NO4. The summed E-state index contributed by atoms with van der Waals surface area (Å²) in [7, 11) is 1.69. The molecule has 5 atom stereocenters. The summed E-state index contributed by atoms with van der Waals surface area (Å²) in [6, 6.07) is 6.38. The maximum absolute atomic E-state index is 12.6. The zero-order chi connectivity index (χ0) is 19.3. The first-order valence-electron chi connectivity index (χ1n) is 9.96. The monoisotopic (exact) mass is 371 g/mol. The number of likely N-dealkylation sites (tertiary alicyclic amines) is 1. The number of fused-ring (bicyclic) bond motifs is 5. The molecule has 0 bridgehead atoms. The topological polar surface area (TPSA) is 55.8 Å². The van der Waals surface area contributed by atoms with Gasteiger partial charge in [-0.3, -0.25) is 9.59 Å². The third-order valence-electron chi connectivity index (χ3n) is 7.22. The SMILES string of the molecule is COc1ccc2c(c1)CCC1C2N(C(C)=O)CC2(C)C(OC(C)=O)CCC12. The Bertz CT molecular complexity index is 776. The minimum Gasteiger partial charge on any atom is -0.497 e. The van der Waals surface area contributed by atoms with Crippen LogP contribution in [0.4, 0.5) is 0 Å². The number of piperidine rings is 1. The molecule has 0 radical (unpaired) electrons. The van der Waals surface area contributed by atoms with Crippen LogP contribution in [0.5, 0.6) is 5.75 Å². The van der Waals surface area contributed by atoms with Crippen molar-refractivity contribution in [2.24, 2.45) is 17.3 Å². The van der Waals surface area contributed by atoms with Gasteiger partial charge < -0.3 is 14.4 Å². The van der Waals surface area contributed by atoms with Gasteiger partial charge >= 0.3 is 5.97 Å². The van der Waals surface area contributed by atoms with E-state index in [1.807, 2.05) is 11.0 Å². The highest BCUT2D eigenvalue weighted by molar-refractivity contribution is 5.74. The number of rotatable bonds is 2. The minimum atomic E-state index is -0.223. The van der Waals surface area contributed by atoms with Crippen molar-refractivity contribution in [1.29, 1.82) is 0 Å². The summed E-state index contributed by atoms with van der Waals surface area (Å²) in [5, 5.41) is 0. The van der Waals surface area contributed by atoms with Gasteiger partial charge in [0.15, 0.2) is 0 Å². The largest absolute Gasteiger partial charge is 0.497 e. The molecule has 5 nitrogen and oxygen atoms in total. The van der Waals surface area contributed by atoms with Crippen molar-refractivity contribution in [3.05, 3.63) is 29.3 Å². The predicted molar refractivity (Wildman–Crippen MR) is 101 cm³/mol. The van der Waals surface area contributed by atoms with Crippen LogP contribution in [0.2, 0.25) is 0 Å². The highest BCUT2D eigenvalue weighted by atomic mass is 16.5.